The lowest BCUT2D eigenvalue weighted by molar-refractivity contribution is -0.138. The van der Waals surface area contributed by atoms with Crippen LogP contribution < -0.4 is 5.32 Å². The summed E-state index contributed by atoms with van der Waals surface area (Å²) >= 11 is 0. The predicted octanol–water partition coefficient (Wildman–Crippen LogP) is 2.11. The van der Waals surface area contributed by atoms with Gasteiger partial charge in [0, 0.05) is 0 Å². The van der Waals surface area contributed by atoms with Crippen molar-refractivity contribution in [3.63, 3.8) is 0 Å². The summed E-state index contributed by atoms with van der Waals surface area (Å²) in [5.41, 5.74) is 2.08. The van der Waals surface area contributed by atoms with Crippen molar-refractivity contribution in [3.8, 4) is 0 Å². The van der Waals surface area contributed by atoms with E-state index >= 15 is 0 Å². The molecule has 4 heteroatoms. The first-order chi connectivity index (χ1) is 8.41. The number of amides is 1. The van der Waals surface area contributed by atoms with E-state index in [1.54, 1.807) is 6.92 Å². The van der Waals surface area contributed by atoms with Crippen LogP contribution in [0.1, 0.15) is 43.7 Å². The molecule has 0 aliphatic rings. The lowest BCUT2D eigenvalue weighted by Crippen LogP contribution is -2.32. The van der Waals surface area contributed by atoms with Gasteiger partial charge in [-0.15, -0.1) is 0 Å². The summed E-state index contributed by atoms with van der Waals surface area (Å²) in [5.74, 6) is -1.24. The van der Waals surface area contributed by atoms with Gasteiger partial charge in [0.1, 0.15) is 6.54 Å². The second-order valence-corrected chi connectivity index (χ2v) is 4.66. The number of hydrogen-bond acceptors (Lipinski definition) is 2. The quantitative estimate of drug-likeness (QED) is 0.840. The molecule has 4 nitrogen and oxygen atoms in total. The van der Waals surface area contributed by atoms with E-state index < -0.39 is 5.97 Å². The van der Waals surface area contributed by atoms with Crippen molar-refractivity contribution in [1.82, 2.24) is 5.32 Å². The number of carboxylic acid groups (broad SMARTS) is 1. The fourth-order valence-corrected chi connectivity index (χ4v) is 1.65. The average molecular weight is 249 g/mol. The van der Waals surface area contributed by atoms with Crippen LogP contribution in [-0.2, 0) is 9.59 Å². The molecule has 0 bridgehead atoms. The van der Waals surface area contributed by atoms with Crippen LogP contribution in [0, 0.1) is 0 Å². The molecule has 0 heterocycles. The van der Waals surface area contributed by atoms with Gasteiger partial charge in [0.2, 0.25) is 5.91 Å². The maximum Gasteiger partial charge on any atom is 0.322 e. The van der Waals surface area contributed by atoms with Crippen LogP contribution in [0.3, 0.4) is 0 Å². The minimum atomic E-state index is -1.04. The van der Waals surface area contributed by atoms with E-state index in [0.29, 0.717) is 5.92 Å². The summed E-state index contributed by atoms with van der Waals surface area (Å²) in [6.07, 6.45) is 0. The molecule has 1 rings (SSSR count). The van der Waals surface area contributed by atoms with Crippen LogP contribution in [0.2, 0.25) is 0 Å². The molecular formula is C14H19NO3. The SMILES string of the molecule is CC(C)c1cccc(C(C)C(=O)NCC(=O)O)c1. The van der Waals surface area contributed by atoms with Gasteiger partial charge in [-0.3, -0.25) is 9.59 Å². The van der Waals surface area contributed by atoms with E-state index in [4.69, 9.17) is 5.11 Å². The maximum absolute atomic E-state index is 11.8. The van der Waals surface area contributed by atoms with Gasteiger partial charge in [-0.1, -0.05) is 38.1 Å². The molecule has 0 aliphatic heterocycles. The largest absolute Gasteiger partial charge is 0.480 e. The predicted molar refractivity (Wildman–Crippen MR) is 69.6 cm³/mol. The second-order valence-electron chi connectivity index (χ2n) is 4.66. The molecule has 0 saturated heterocycles. The normalized spacial score (nSPS) is 12.2. The standard InChI is InChI=1S/C14H19NO3/c1-9(2)11-5-4-6-12(7-11)10(3)14(18)15-8-13(16)17/h4-7,9-10H,8H2,1-3H3,(H,15,18)(H,16,17). The molecule has 0 spiro atoms. The number of carboxylic acids is 1. The topological polar surface area (TPSA) is 66.4 Å². The highest BCUT2D eigenvalue weighted by Gasteiger charge is 2.16. The Balaban J connectivity index is 2.76. The highest BCUT2D eigenvalue weighted by molar-refractivity contribution is 5.86. The van der Waals surface area contributed by atoms with Crippen LogP contribution >= 0.6 is 0 Å². The Labute approximate surface area is 107 Å². The zero-order valence-corrected chi connectivity index (χ0v) is 10.9. The fraction of sp³-hybridized carbons (Fsp3) is 0.429. The summed E-state index contributed by atoms with van der Waals surface area (Å²) in [4.78, 5) is 22.1. The van der Waals surface area contributed by atoms with Crippen LogP contribution in [0.4, 0.5) is 0 Å². The zero-order valence-electron chi connectivity index (χ0n) is 10.9. The van der Waals surface area contributed by atoms with Crippen molar-refractivity contribution < 1.29 is 14.7 Å². The Morgan fingerprint density at radius 1 is 1.22 bits per heavy atom. The second kappa shape index (κ2) is 6.19. The van der Waals surface area contributed by atoms with Gasteiger partial charge >= 0.3 is 5.97 Å². The van der Waals surface area contributed by atoms with E-state index in [1.807, 2.05) is 24.3 Å². The van der Waals surface area contributed by atoms with Gasteiger partial charge in [-0.25, -0.2) is 0 Å². The highest BCUT2D eigenvalue weighted by Crippen LogP contribution is 2.21. The van der Waals surface area contributed by atoms with Crippen molar-refractivity contribution in [1.29, 1.82) is 0 Å². The van der Waals surface area contributed by atoms with Gasteiger partial charge in [0.15, 0.2) is 0 Å². The van der Waals surface area contributed by atoms with Gasteiger partial charge in [0.05, 0.1) is 5.92 Å². The zero-order chi connectivity index (χ0) is 13.7. The fourth-order valence-electron chi connectivity index (χ4n) is 1.65. The summed E-state index contributed by atoms with van der Waals surface area (Å²) in [7, 11) is 0. The molecular weight excluding hydrogens is 230 g/mol. The number of benzene rings is 1. The number of aliphatic carboxylic acids is 1. The number of hydrogen-bond donors (Lipinski definition) is 2. The number of nitrogens with one attached hydrogen (secondary N) is 1. The molecule has 18 heavy (non-hydrogen) atoms. The van der Waals surface area contributed by atoms with E-state index in [1.165, 1.54) is 5.56 Å². The third kappa shape index (κ3) is 3.87. The first-order valence-electron chi connectivity index (χ1n) is 6.01. The van der Waals surface area contributed by atoms with Crippen LogP contribution in [0.15, 0.2) is 24.3 Å². The Kier molecular flexibility index (Phi) is 4.89. The van der Waals surface area contributed by atoms with E-state index in [2.05, 4.69) is 19.2 Å². The van der Waals surface area contributed by atoms with Crippen LogP contribution in [-0.4, -0.2) is 23.5 Å². The third-order valence-corrected chi connectivity index (χ3v) is 2.88. The van der Waals surface area contributed by atoms with Crippen molar-refractivity contribution in [3.05, 3.63) is 35.4 Å². The minimum absolute atomic E-state index is 0.265. The van der Waals surface area contributed by atoms with Crippen LogP contribution in [0.25, 0.3) is 0 Å². The molecule has 0 saturated carbocycles. The Morgan fingerprint density at radius 3 is 2.39 bits per heavy atom. The Hall–Kier alpha value is -1.84. The van der Waals surface area contributed by atoms with Gasteiger partial charge in [0.25, 0.3) is 0 Å². The molecule has 98 valence electrons. The average Bonchev–Trinajstić information content (AvgIpc) is 2.35. The van der Waals surface area contributed by atoms with Crippen molar-refractivity contribution in [2.24, 2.45) is 0 Å². The van der Waals surface area contributed by atoms with Gasteiger partial charge < -0.3 is 10.4 Å². The van der Waals surface area contributed by atoms with Crippen molar-refractivity contribution >= 4 is 11.9 Å². The minimum Gasteiger partial charge on any atom is -0.480 e. The van der Waals surface area contributed by atoms with Crippen molar-refractivity contribution in [2.45, 2.75) is 32.6 Å². The lowest BCUT2D eigenvalue weighted by atomic mass is 9.94. The van der Waals surface area contributed by atoms with E-state index in [9.17, 15) is 9.59 Å². The van der Waals surface area contributed by atoms with E-state index in [0.717, 1.165) is 5.56 Å². The Bertz CT molecular complexity index is 440. The molecule has 0 aliphatic carbocycles. The summed E-state index contributed by atoms with van der Waals surface area (Å²) in [6, 6.07) is 7.83. The maximum atomic E-state index is 11.8. The smallest absolute Gasteiger partial charge is 0.322 e. The van der Waals surface area contributed by atoms with Crippen LogP contribution in [0.5, 0.6) is 0 Å². The molecule has 0 fully saturated rings. The summed E-state index contributed by atoms with van der Waals surface area (Å²) in [6.45, 7) is 5.62. The van der Waals surface area contributed by atoms with E-state index in [-0.39, 0.29) is 18.4 Å². The number of carbonyl (C=O) groups excluding carboxylic acids is 1. The van der Waals surface area contributed by atoms with Gasteiger partial charge in [-0.2, -0.15) is 0 Å². The molecule has 1 atom stereocenters. The first-order valence-corrected chi connectivity index (χ1v) is 6.01. The monoisotopic (exact) mass is 249 g/mol. The number of rotatable bonds is 5. The highest BCUT2D eigenvalue weighted by atomic mass is 16.4. The van der Waals surface area contributed by atoms with Gasteiger partial charge in [-0.05, 0) is 24.0 Å². The lowest BCUT2D eigenvalue weighted by Gasteiger charge is -2.14. The number of carbonyl (C=O) groups is 2. The first kappa shape index (κ1) is 14.2. The molecule has 0 aromatic heterocycles. The molecule has 1 aromatic carbocycles. The van der Waals surface area contributed by atoms with Crippen molar-refractivity contribution in [2.75, 3.05) is 6.54 Å². The molecule has 2 N–H and O–H groups in total. The Morgan fingerprint density at radius 2 is 1.83 bits per heavy atom. The third-order valence-electron chi connectivity index (χ3n) is 2.88. The summed E-state index contributed by atoms with van der Waals surface area (Å²) in [5, 5.41) is 10.9. The molecule has 1 unspecified atom stereocenters. The summed E-state index contributed by atoms with van der Waals surface area (Å²) < 4.78 is 0. The molecule has 1 aromatic rings. The molecule has 0 radical (unpaired) electrons. The molecule has 1 amide bonds.